The Bertz CT molecular complexity index is 689. The van der Waals surface area contributed by atoms with E-state index >= 15 is 0 Å². The lowest BCUT2D eigenvalue weighted by Crippen LogP contribution is -2.20. The molecule has 2 rings (SSSR count). The van der Waals surface area contributed by atoms with Gasteiger partial charge in [-0.15, -0.1) is 0 Å². The summed E-state index contributed by atoms with van der Waals surface area (Å²) in [5, 5.41) is 13.5. The molecule has 7 nitrogen and oxygen atoms in total. The number of nitrogens with one attached hydrogen (secondary N) is 1. The number of anilines is 1. The number of thiazole rings is 1. The van der Waals surface area contributed by atoms with Crippen LogP contribution in [0.3, 0.4) is 0 Å². The molecule has 1 aromatic heterocycles. The van der Waals surface area contributed by atoms with Crippen molar-refractivity contribution in [3.63, 3.8) is 0 Å². The molecule has 1 amide bonds. The number of benzene rings is 1. The molecule has 1 N–H and O–H groups in total. The molecule has 110 valence electrons. The van der Waals surface area contributed by atoms with E-state index in [1.165, 1.54) is 0 Å². The minimum absolute atomic E-state index is 0.142. The predicted octanol–water partition coefficient (Wildman–Crippen LogP) is 3.03. The quantitative estimate of drug-likeness (QED) is 0.672. The van der Waals surface area contributed by atoms with Crippen LogP contribution in [0.15, 0.2) is 24.4 Å². The molecule has 21 heavy (non-hydrogen) atoms. The number of aromatic nitrogens is 1. The Kier molecular flexibility index (Phi) is 4.71. The Labute approximate surface area is 128 Å². The predicted molar refractivity (Wildman–Crippen MR) is 79.1 cm³/mol. The number of carbonyl (C=O) groups excluding carboxylic acids is 1. The number of halogens is 1. The van der Waals surface area contributed by atoms with Crippen molar-refractivity contribution in [3.05, 3.63) is 45.1 Å². The maximum Gasteiger partial charge on any atom is 0.345 e. The van der Waals surface area contributed by atoms with Crippen molar-refractivity contribution in [2.24, 2.45) is 0 Å². The van der Waals surface area contributed by atoms with Gasteiger partial charge in [0.2, 0.25) is 0 Å². The Morgan fingerprint density at radius 3 is 3.00 bits per heavy atom. The smallest absolute Gasteiger partial charge is 0.345 e. The zero-order chi connectivity index (χ0) is 15.4. The highest BCUT2D eigenvalue weighted by Gasteiger charge is 2.14. The molecule has 0 saturated carbocycles. The molecule has 0 unspecified atom stereocenters. The van der Waals surface area contributed by atoms with E-state index in [1.54, 1.807) is 25.1 Å². The van der Waals surface area contributed by atoms with Gasteiger partial charge in [0.15, 0.2) is 11.7 Å². The Balaban J connectivity index is 1.92. The number of rotatable bonds is 5. The zero-order valence-electron chi connectivity index (χ0n) is 10.8. The number of ether oxygens (including phenoxy) is 1. The first-order valence-corrected chi connectivity index (χ1v) is 6.95. The first-order valence-electron chi connectivity index (χ1n) is 5.75. The molecule has 0 saturated heterocycles. The SMILES string of the molecule is Cc1c(Cl)cccc1OCC(=O)Nc1ncc([N+](=O)[O-])s1. The minimum atomic E-state index is -0.570. The molecule has 0 spiro atoms. The standard InChI is InChI=1S/C12H10ClN3O4S/c1-7-8(13)3-2-4-9(7)20-6-10(17)15-12-14-5-11(21-12)16(18)19/h2-5H,6H2,1H3,(H,14,15,17). The van der Waals surface area contributed by atoms with E-state index < -0.39 is 10.8 Å². The maximum atomic E-state index is 11.7. The molecule has 0 atom stereocenters. The van der Waals surface area contributed by atoms with E-state index in [1.807, 2.05) is 0 Å². The topological polar surface area (TPSA) is 94.4 Å². The summed E-state index contributed by atoms with van der Waals surface area (Å²) in [5.41, 5.74) is 0.733. The van der Waals surface area contributed by atoms with Crippen molar-refractivity contribution in [1.29, 1.82) is 0 Å². The van der Waals surface area contributed by atoms with E-state index in [-0.39, 0.29) is 16.7 Å². The van der Waals surface area contributed by atoms with Crippen LogP contribution in [0.2, 0.25) is 5.02 Å². The Morgan fingerprint density at radius 2 is 2.33 bits per heavy atom. The van der Waals surface area contributed by atoms with E-state index in [2.05, 4.69) is 10.3 Å². The monoisotopic (exact) mass is 327 g/mol. The van der Waals surface area contributed by atoms with Gasteiger partial charge < -0.3 is 4.74 Å². The van der Waals surface area contributed by atoms with Gasteiger partial charge in [-0.25, -0.2) is 4.98 Å². The first kappa shape index (κ1) is 15.2. The van der Waals surface area contributed by atoms with E-state index in [9.17, 15) is 14.9 Å². The molecular weight excluding hydrogens is 318 g/mol. The first-order chi connectivity index (χ1) is 9.97. The van der Waals surface area contributed by atoms with Gasteiger partial charge in [0, 0.05) is 10.6 Å². The van der Waals surface area contributed by atoms with Gasteiger partial charge >= 0.3 is 5.00 Å². The highest BCUT2D eigenvalue weighted by molar-refractivity contribution is 7.18. The molecular formula is C12H10ClN3O4S. The molecule has 2 aromatic rings. The molecule has 0 aliphatic carbocycles. The molecule has 9 heteroatoms. The molecule has 0 radical (unpaired) electrons. The number of hydrogen-bond donors (Lipinski definition) is 1. The van der Waals surface area contributed by atoms with Crippen molar-refractivity contribution in [1.82, 2.24) is 4.98 Å². The van der Waals surface area contributed by atoms with Crippen LogP contribution in [0, 0.1) is 17.0 Å². The second-order valence-electron chi connectivity index (χ2n) is 3.96. The van der Waals surface area contributed by atoms with Gasteiger partial charge in [-0.2, -0.15) is 0 Å². The molecule has 1 aromatic carbocycles. The molecule has 0 aliphatic rings. The van der Waals surface area contributed by atoms with E-state index in [0.717, 1.165) is 23.1 Å². The lowest BCUT2D eigenvalue weighted by atomic mass is 10.2. The number of nitrogens with zero attached hydrogens (tertiary/aromatic N) is 2. The third-order valence-corrected chi connectivity index (χ3v) is 3.77. The van der Waals surface area contributed by atoms with Crippen LogP contribution >= 0.6 is 22.9 Å². The third-order valence-electron chi connectivity index (χ3n) is 2.50. The Hall–Kier alpha value is -2.19. The number of amides is 1. The van der Waals surface area contributed by atoms with Crippen molar-refractivity contribution in [3.8, 4) is 5.75 Å². The molecule has 0 fully saturated rings. The van der Waals surface area contributed by atoms with Gasteiger partial charge in [-0.05, 0) is 30.4 Å². The van der Waals surface area contributed by atoms with E-state index in [0.29, 0.717) is 10.8 Å². The molecule has 0 bridgehead atoms. The summed E-state index contributed by atoms with van der Waals surface area (Å²) in [4.78, 5) is 25.4. The van der Waals surface area contributed by atoms with Gasteiger partial charge in [0.1, 0.15) is 11.9 Å². The molecule has 1 heterocycles. The van der Waals surface area contributed by atoms with Gasteiger partial charge in [-0.1, -0.05) is 17.7 Å². The fourth-order valence-electron chi connectivity index (χ4n) is 1.45. The van der Waals surface area contributed by atoms with Crippen LogP contribution in [-0.4, -0.2) is 22.4 Å². The Morgan fingerprint density at radius 1 is 1.57 bits per heavy atom. The van der Waals surface area contributed by atoms with Crippen LogP contribution in [0.25, 0.3) is 0 Å². The average Bonchev–Trinajstić information content (AvgIpc) is 2.89. The molecule has 0 aliphatic heterocycles. The minimum Gasteiger partial charge on any atom is -0.483 e. The summed E-state index contributed by atoms with van der Waals surface area (Å²) in [6.07, 6.45) is 1.09. The van der Waals surface area contributed by atoms with E-state index in [4.69, 9.17) is 16.3 Å². The second kappa shape index (κ2) is 6.51. The van der Waals surface area contributed by atoms with Crippen molar-refractivity contribution < 1.29 is 14.5 Å². The normalized spacial score (nSPS) is 10.2. The summed E-state index contributed by atoms with van der Waals surface area (Å²) >= 11 is 6.72. The maximum absolute atomic E-state index is 11.7. The second-order valence-corrected chi connectivity index (χ2v) is 5.38. The largest absolute Gasteiger partial charge is 0.483 e. The van der Waals surface area contributed by atoms with Crippen LogP contribution < -0.4 is 10.1 Å². The summed E-state index contributed by atoms with van der Waals surface area (Å²) in [5.74, 6) is 0.0430. The van der Waals surface area contributed by atoms with Crippen LogP contribution in [0.5, 0.6) is 5.75 Å². The summed E-state index contributed by atoms with van der Waals surface area (Å²) in [6.45, 7) is 1.54. The van der Waals surface area contributed by atoms with Crippen LogP contribution in [0.1, 0.15) is 5.56 Å². The van der Waals surface area contributed by atoms with Crippen molar-refractivity contribution >= 4 is 39.0 Å². The van der Waals surface area contributed by atoms with Gasteiger partial charge in [0.05, 0.1) is 4.92 Å². The fourth-order valence-corrected chi connectivity index (χ4v) is 2.26. The lowest BCUT2D eigenvalue weighted by Gasteiger charge is -2.09. The van der Waals surface area contributed by atoms with Crippen LogP contribution in [-0.2, 0) is 4.79 Å². The summed E-state index contributed by atoms with van der Waals surface area (Å²) in [6, 6.07) is 5.13. The highest BCUT2D eigenvalue weighted by atomic mass is 35.5. The number of carbonyl (C=O) groups is 1. The lowest BCUT2D eigenvalue weighted by molar-refractivity contribution is -0.380. The average molecular weight is 328 g/mol. The highest BCUT2D eigenvalue weighted by Crippen LogP contribution is 2.26. The van der Waals surface area contributed by atoms with Gasteiger partial charge in [-0.3, -0.25) is 20.2 Å². The fraction of sp³-hybridized carbons (Fsp3) is 0.167. The number of nitro groups is 1. The van der Waals surface area contributed by atoms with Gasteiger partial charge in [0.25, 0.3) is 5.91 Å². The summed E-state index contributed by atoms with van der Waals surface area (Å²) in [7, 11) is 0. The third kappa shape index (κ3) is 3.89. The van der Waals surface area contributed by atoms with Crippen LogP contribution in [0.4, 0.5) is 10.1 Å². The van der Waals surface area contributed by atoms with Crippen molar-refractivity contribution in [2.45, 2.75) is 6.92 Å². The number of hydrogen-bond acceptors (Lipinski definition) is 6. The zero-order valence-corrected chi connectivity index (χ0v) is 12.4. The summed E-state index contributed by atoms with van der Waals surface area (Å²) < 4.78 is 5.35. The van der Waals surface area contributed by atoms with Crippen molar-refractivity contribution in [2.75, 3.05) is 11.9 Å².